The first-order valence-corrected chi connectivity index (χ1v) is 6.55. The van der Waals surface area contributed by atoms with Crippen LogP contribution in [0.2, 0.25) is 0 Å². The molecule has 4 nitrogen and oxygen atoms in total. The minimum Gasteiger partial charge on any atom is -0.481 e. The van der Waals surface area contributed by atoms with E-state index in [0.29, 0.717) is 6.54 Å². The van der Waals surface area contributed by atoms with Gasteiger partial charge in [0.05, 0.1) is 6.42 Å². The highest BCUT2D eigenvalue weighted by Gasteiger charge is 2.48. The third-order valence-corrected chi connectivity index (χ3v) is 4.22. The Bertz CT molecular complexity index is 319. The Hall–Kier alpha value is -1.06. The number of amides is 1. The van der Waals surface area contributed by atoms with Gasteiger partial charge in [0.2, 0.25) is 5.91 Å². The van der Waals surface area contributed by atoms with Crippen LogP contribution < -0.4 is 0 Å². The van der Waals surface area contributed by atoms with Crippen molar-refractivity contribution in [3.05, 3.63) is 0 Å². The molecule has 0 aliphatic heterocycles. The van der Waals surface area contributed by atoms with Gasteiger partial charge in [-0.1, -0.05) is 0 Å². The van der Waals surface area contributed by atoms with Crippen molar-refractivity contribution in [2.75, 3.05) is 6.54 Å². The molecule has 3 unspecified atom stereocenters. The fraction of sp³-hybridized carbons (Fsp3) is 0.846. The maximum Gasteiger partial charge on any atom is 0.305 e. The van der Waals surface area contributed by atoms with Crippen LogP contribution in [0.5, 0.6) is 0 Å². The van der Waals surface area contributed by atoms with Gasteiger partial charge in [-0.3, -0.25) is 9.59 Å². The van der Waals surface area contributed by atoms with Crippen LogP contribution >= 0.6 is 0 Å². The molecule has 0 aromatic carbocycles. The molecular weight excluding hydrogens is 218 g/mol. The summed E-state index contributed by atoms with van der Waals surface area (Å²) in [6, 6.07) is -0.193. The maximum absolute atomic E-state index is 12.3. The van der Waals surface area contributed by atoms with E-state index in [1.54, 1.807) is 4.90 Å². The lowest BCUT2D eigenvalue weighted by Crippen LogP contribution is -2.42. The molecule has 0 aromatic rings. The van der Waals surface area contributed by atoms with Crippen LogP contribution in [0.3, 0.4) is 0 Å². The molecule has 1 N–H and O–H groups in total. The largest absolute Gasteiger partial charge is 0.481 e. The highest BCUT2D eigenvalue weighted by molar-refractivity contribution is 5.80. The van der Waals surface area contributed by atoms with E-state index in [4.69, 9.17) is 5.11 Å². The molecule has 4 heteroatoms. The molecule has 0 bridgehead atoms. The highest BCUT2D eigenvalue weighted by Crippen LogP contribution is 2.54. The molecule has 2 rings (SSSR count). The summed E-state index contributed by atoms with van der Waals surface area (Å²) in [6.45, 7) is 4.36. The fourth-order valence-corrected chi connectivity index (χ4v) is 3.20. The van der Waals surface area contributed by atoms with Gasteiger partial charge in [0.1, 0.15) is 0 Å². The molecule has 3 atom stereocenters. The minimum absolute atomic E-state index is 0.0408. The number of hydrogen-bond donors (Lipinski definition) is 1. The lowest BCUT2D eigenvalue weighted by atomic mass is 10.0. The van der Waals surface area contributed by atoms with E-state index in [2.05, 4.69) is 0 Å². The van der Waals surface area contributed by atoms with Crippen molar-refractivity contribution in [1.82, 2.24) is 4.90 Å². The van der Waals surface area contributed by atoms with Crippen LogP contribution in [0.25, 0.3) is 0 Å². The standard InChI is InChI=1S/C13H21NO3/c1-3-14(8(2)4-12(15)16)13(17)11-6-9-5-10(9)7-11/h8-11H,3-7H2,1-2H3,(H,15,16). The summed E-state index contributed by atoms with van der Waals surface area (Å²) in [5.74, 6) is 1.08. The number of carboxylic acid groups (broad SMARTS) is 1. The van der Waals surface area contributed by atoms with Crippen LogP contribution in [-0.4, -0.2) is 34.5 Å². The zero-order chi connectivity index (χ0) is 12.6. The lowest BCUT2D eigenvalue weighted by Gasteiger charge is -2.30. The molecule has 0 spiro atoms. The minimum atomic E-state index is -0.835. The molecule has 0 saturated heterocycles. The zero-order valence-electron chi connectivity index (χ0n) is 10.6. The first-order chi connectivity index (χ1) is 8.02. The second-order valence-electron chi connectivity index (χ2n) is 5.50. The van der Waals surface area contributed by atoms with Gasteiger partial charge in [0.25, 0.3) is 0 Å². The molecule has 17 heavy (non-hydrogen) atoms. The second-order valence-corrected chi connectivity index (χ2v) is 5.50. The van der Waals surface area contributed by atoms with E-state index in [9.17, 15) is 9.59 Å². The van der Waals surface area contributed by atoms with Crippen molar-refractivity contribution in [2.24, 2.45) is 17.8 Å². The van der Waals surface area contributed by atoms with Crippen molar-refractivity contribution >= 4 is 11.9 Å². The van der Waals surface area contributed by atoms with Crippen LogP contribution in [0.1, 0.15) is 39.5 Å². The quantitative estimate of drug-likeness (QED) is 0.795. The number of carboxylic acids is 1. The van der Waals surface area contributed by atoms with Gasteiger partial charge < -0.3 is 10.0 Å². The second kappa shape index (κ2) is 4.67. The van der Waals surface area contributed by atoms with Gasteiger partial charge in [-0.2, -0.15) is 0 Å². The van der Waals surface area contributed by atoms with E-state index in [-0.39, 0.29) is 24.3 Å². The molecule has 1 amide bonds. The van der Waals surface area contributed by atoms with Crippen molar-refractivity contribution in [2.45, 2.75) is 45.6 Å². The molecule has 2 fully saturated rings. The van der Waals surface area contributed by atoms with Crippen molar-refractivity contribution in [3.8, 4) is 0 Å². The van der Waals surface area contributed by atoms with Crippen molar-refractivity contribution in [1.29, 1.82) is 0 Å². The molecule has 96 valence electrons. The third kappa shape index (κ3) is 2.61. The van der Waals surface area contributed by atoms with Crippen LogP contribution in [0.4, 0.5) is 0 Å². The molecule has 2 aliphatic carbocycles. The smallest absolute Gasteiger partial charge is 0.305 e. The summed E-state index contributed by atoms with van der Waals surface area (Å²) >= 11 is 0. The van der Waals surface area contributed by atoms with Gasteiger partial charge in [-0.15, -0.1) is 0 Å². The fourth-order valence-electron chi connectivity index (χ4n) is 3.20. The summed E-state index contributed by atoms with van der Waals surface area (Å²) in [7, 11) is 0. The number of carbonyl (C=O) groups is 2. The lowest BCUT2D eigenvalue weighted by molar-refractivity contribution is -0.142. The third-order valence-electron chi connectivity index (χ3n) is 4.22. The normalized spacial score (nSPS) is 31.8. The predicted octanol–water partition coefficient (Wildman–Crippen LogP) is 1.74. The summed E-state index contributed by atoms with van der Waals surface area (Å²) < 4.78 is 0. The Balaban J connectivity index is 1.92. The molecule has 0 radical (unpaired) electrons. The Morgan fingerprint density at radius 2 is 1.88 bits per heavy atom. The molecule has 0 aromatic heterocycles. The van der Waals surface area contributed by atoms with E-state index in [1.807, 2.05) is 13.8 Å². The first-order valence-electron chi connectivity index (χ1n) is 6.55. The van der Waals surface area contributed by atoms with Gasteiger partial charge in [0.15, 0.2) is 0 Å². The molecule has 0 heterocycles. The van der Waals surface area contributed by atoms with Crippen LogP contribution in [0.15, 0.2) is 0 Å². The molecule has 2 aliphatic rings. The average Bonchev–Trinajstić information content (AvgIpc) is 2.85. The van der Waals surface area contributed by atoms with Crippen LogP contribution in [0, 0.1) is 17.8 Å². The number of nitrogens with zero attached hydrogens (tertiary/aromatic N) is 1. The Morgan fingerprint density at radius 3 is 2.35 bits per heavy atom. The molecular formula is C13H21NO3. The summed E-state index contributed by atoms with van der Waals surface area (Å²) in [4.78, 5) is 24.7. The number of aliphatic carboxylic acids is 1. The van der Waals surface area contributed by atoms with Gasteiger partial charge in [0, 0.05) is 18.5 Å². The SMILES string of the molecule is CCN(C(=O)C1CC2CC2C1)C(C)CC(=O)O. The summed E-state index contributed by atoms with van der Waals surface area (Å²) in [5, 5.41) is 8.79. The number of carbonyl (C=O) groups excluding carboxylic acids is 1. The van der Waals surface area contributed by atoms with Gasteiger partial charge in [-0.25, -0.2) is 0 Å². The van der Waals surface area contributed by atoms with E-state index < -0.39 is 5.97 Å². The topological polar surface area (TPSA) is 57.6 Å². The van der Waals surface area contributed by atoms with Crippen molar-refractivity contribution < 1.29 is 14.7 Å². The first kappa shape index (κ1) is 12.4. The molecule has 2 saturated carbocycles. The Kier molecular flexibility index (Phi) is 3.40. The van der Waals surface area contributed by atoms with E-state index in [0.717, 1.165) is 24.7 Å². The maximum atomic E-state index is 12.3. The monoisotopic (exact) mass is 239 g/mol. The van der Waals surface area contributed by atoms with Crippen LogP contribution in [-0.2, 0) is 9.59 Å². The number of rotatable bonds is 5. The summed E-state index contributed by atoms with van der Waals surface area (Å²) in [6.07, 6.45) is 3.40. The Morgan fingerprint density at radius 1 is 1.29 bits per heavy atom. The van der Waals surface area contributed by atoms with Gasteiger partial charge in [-0.05, 0) is 44.9 Å². The highest BCUT2D eigenvalue weighted by atomic mass is 16.4. The van der Waals surface area contributed by atoms with Crippen molar-refractivity contribution in [3.63, 3.8) is 0 Å². The van der Waals surface area contributed by atoms with E-state index >= 15 is 0 Å². The zero-order valence-corrected chi connectivity index (χ0v) is 10.6. The van der Waals surface area contributed by atoms with E-state index in [1.165, 1.54) is 6.42 Å². The summed E-state index contributed by atoms with van der Waals surface area (Å²) in [5.41, 5.74) is 0. The van der Waals surface area contributed by atoms with Gasteiger partial charge >= 0.3 is 5.97 Å². The predicted molar refractivity (Wildman–Crippen MR) is 63.4 cm³/mol. The number of hydrogen-bond acceptors (Lipinski definition) is 2. The Labute approximate surface area is 102 Å². The number of fused-ring (bicyclic) bond motifs is 1. The average molecular weight is 239 g/mol.